The van der Waals surface area contributed by atoms with E-state index in [9.17, 15) is 14.4 Å². The quantitative estimate of drug-likeness (QED) is 0.646. The first kappa shape index (κ1) is 15.1. The molecule has 120 valence electrons. The first-order valence-corrected chi connectivity index (χ1v) is 7.42. The lowest BCUT2D eigenvalue weighted by atomic mass is 10.00. The van der Waals surface area contributed by atoms with Crippen molar-refractivity contribution in [3.05, 3.63) is 36.0 Å². The van der Waals surface area contributed by atoms with E-state index in [2.05, 4.69) is 15.6 Å². The Morgan fingerprint density at radius 1 is 1.09 bits per heavy atom. The summed E-state index contributed by atoms with van der Waals surface area (Å²) in [5, 5.41) is 15.0. The van der Waals surface area contributed by atoms with Crippen molar-refractivity contribution in [1.82, 2.24) is 15.6 Å². The van der Waals surface area contributed by atoms with Crippen LogP contribution >= 0.6 is 0 Å². The van der Waals surface area contributed by atoms with Gasteiger partial charge in [-0.25, -0.2) is 0 Å². The van der Waals surface area contributed by atoms with Crippen LogP contribution in [0.2, 0.25) is 0 Å². The van der Waals surface area contributed by atoms with Gasteiger partial charge in [0.1, 0.15) is 12.1 Å². The third-order valence-corrected chi connectivity index (χ3v) is 4.01. The minimum absolute atomic E-state index is 0.0900. The summed E-state index contributed by atoms with van der Waals surface area (Å²) in [5.41, 5.74) is 1.93. The average Bonchev–Trinajstić information content (AvgIpc) is 2.92. The Morgan fingerprint density at radius 2 is 1.78 bits per heavy atom. The number of nitrogens with one attached hydrogen (secondary N) is 3. The zero-order valence-electron chi connectivity index (χ0n) is 12.3. The van der Waals surface area contributed by atoms with Crippen molar-refractivity contribution in [3.63, 3.8) is 0 Å². The maximum atomic E-state index is 12.2. The molecule has 0 unspecified atom stereocenters. The number of fused-ring (bicyclic) bond motifs is 1. The number of carboxylic acids is 1. The van der Waals surface area contributed by atoms with Gasteiger partial charge in [-0.05, 0) is 18.1 Å². The molecule has 2 aromatic rings. The second kappa shape index (κ2) is 6.12. The van der Waals surface area contributed by atoms with Crippen molar-refractivity contribution in [2.75, 3.05) is 0 Å². The summed E-state index contributed by atoms with van der Waals surface area (Å²) in [5.74, 6) is -1.62. The van der Waals surface area contributed by atoms with E-state index >= 15 is 0 Å². The summed E-state index contributed by atoms with van der Waals surface area (Å²) in [6.07, 6.45) is 2.14. The van der Waals surface area contributed by atoms with E-state index < -0.39 is 18.1 Å². The fourth-order valence-corrected chi connectivity index (χ4v) is 2.81. The largest absolute Gasteiger partial charge is 0.481 e. The first-order valence-electron chi connectivity index (χ1n) is 7.42. The van der Waals surface area contributed by atoms with Gasteiger partial charge in [0, 0.05) is 29.9 Å². The predicted octanol–water partition coefficient (Wildman–Crippen LogP) is 0.558. The van der Waals surface area contributed by atoms with Crippen LogP contribution in [0.4, 0.5) is 0 Å². The molecule has 0 radical (unpaired) electrons. The van der Waals surface area contributed by atoms with Crippen molar-refractivity contribution in [2.45, 2.75) is 31.3 Å². The van der Waals surface area contributed by atoms with Crippen molar-refractivity contribution in [3.8, 4) is 0 Å². The molecule has 1 fully saturated rings. The van der Waals surface area contributed by atoms with Crippen LogP contribution in [0.1, 0.15) is 18.4 Å². The lowest BCUT2D eigenvalue weighted by Crippen LogP contribution is -2.62. The molecule has 7 heteroatoms. The number of para-hydroxylation sites is 1. The molecular weight excluding hydrogens is 298 g/mol. The lowest BCUT2D eigenvalue weighted by Gasteiger charge is -2.29. The van der Waals surface area contributed by atoms with Gasteiger partial charge < -0.3 is 20.7 Å². The van der Waals surface area contributed by atoms with E-state index in [0.717, 1.165) is 16.5 Å². The van der Waals surface area contributed by atoms with Gasteiger partial charge in [-0.15, -0.1) is 0 Å². The van der Waals surface area contributed by atoms with Crippen LogP contribution in [0, 0.1) is 0 Å². The molecule has 23 heavy (non-hydrogen) atoms. The number of amides is 2. The Morgan fingerprint density at radius 3 is 2.57 bits per heavy atom. The van der Waals surface area contributed by atoms with Crippen LogP contribution in [0.5, 0.6) is 0 Å². The summed E-state index contributed by atoms with van der Waals surface area (Å²) in [7, 11) is 0. The third kappa shape index (κ3) is 3.18. The number of carbonyl (C=O) groups is 3. The lowest BCUT2D eigenvalue weighted by molar-refractivity contribution is -0.139. The topological polar surface area (TPSA) is 111 Å². The Kier molecular flexibility index (Phi) is 4.01. The van der Waals surface area contributed by atoms with Gasteiger partial charge in [-0.1, -0.05) is 18.2 Å². The molecular formula is C16H17N3O4. The number of aliphatic carboxylic acids is 1. The van der Waals surface area contributed by atoms with E-state index in [0.29, 0.717) is 6.42 Å². The molecule has 0 spiro atoms. The number of hydrogen-bond donors (Lipinski definition) is 4. The van der Waals surface area contributed by atoms with Crippen molar-refractivity contribution in [1.29, 1.82) is 0 Å². The highest BCUT2D eigenvalue weighted by molar-refractivity contribution is 5.97. The van der Waals surface area contributed by atoms with Gasteiger partial charge in [0.05, 0.1) is 0 Å². The Bertz CT molecular complexity index is 768. The number of carbonyl (C=O) groups excluding carboxylic acids is 2. The average molecular weight is 315 g/mol. The maximum absolute atomic E-state index is 12.2. The fraction of sp³-hybridized carbons (Fsp3) is 0.312. The zero-order valence-corrected chi connectivity index (χ0v) is 12.3. The Balaban J connectivity index is 1.69. The number of rotatable bonds is 5. The van der Waals surface area contributed by atoms with Gasteiger partial charge in [0.2, 0.25) is 11.8 Å². The van der Waals surface area contributed by atoms with Gasteiger partial charge in [0.25, 0.3) is 0 Å². The maximum Gasteiger partial charge on any atom is 0.303 e. The molecule has 1 aromatic carbocycles. The SMILES string of the molecule is O=C(O)CC[C@@H]1NC(=O)[C@H](Cc2c[nH]c3ccccc23)NC1=O. The number of carboxylic acid groups (broad SMARTS) is 1. The van der Waals surface area contributed by atoms with Crippen LogP contribution in [0.15, 0.2) is 30.5 Å². The van der Waals surface area contributed by atoms with Crippen LogP contribution in [0.25, 0.3) is 10.9 Å². The van der Waals surface area contributed by atoms with E-state index in [4.69, 9.17) is 5.11 Å². The molecule has 1 aliphatic rings. The molecule has 1 aliphatic heterocycles. The highest BCUT2D eigenvalue weighted by Crippen LogP contribution is 2.20. The van der Waals surface area contributed by atoms with Crippen LogP contribution in [-0.2, 0) is 20.8 Å². The van der Waals surface area contributed by atoms with Crippen molar-refractivity contribution >= 4 is 28.7 Å². The molecule has 0 aliphatic carbocycles. The normalized spacial score (nSPS) is 21.0. The molecule has 0 saturated carbocycles. The summed E-state index contributed by atoms with van der Waals surface area (Å²) >= 11 is 0. The Hall–Kier alpha value is -2.83. The van der Waals surface area contributed by atoms with Crippen LogP contribution in [-0.4, -0.2) is 40.0 Å². The second-order valence-electron chi connectivity index (χ2n) is 5.62. The summed E-state index contributed by atoms with van der Waals surface area (Å²) < 4.78 is 0. The molecule has 2 atom stereocenters. The molecule has 1 saturated heterocycles. The van der Waals surface area contributed by atoms with Crippen molar-refractivity contribution in [2.24, 2.45) is 0 Å². The van der Waals surface area contributed by atoms with Crippen LogP contribution < -0.4 is 10.6 Å². The number of aromatic nitrogens is 1. The van der Waals surface area contributed by atoms with Gasteiger partial charge in [-0.3, -0.25) is 14.4 Å². The van der Waals surface area contributed by atoms with Crippen LogP contribution in [0.3, 0.4) is 0 Å². The molecule has 7 nitrogen and oxygen atoms in total. The summed E-state index contributed by atoms with van der Waals surface area (Å²) in [4.78, 5) is 37.9. The predicted molar refractivity (Wildman–Crippen MR) is 82.7 cm³/mol. The number of benzene rings is 1. The van der Waals surface area contributed by atoms with Gasteiger partial charge >= 0.3 is 5.97 Å². The van der Waals surface area contributed by atoms with Crippen molar-refractivity contribution < 1.29 is 19.5 Å². The molecule has 2 heterocycles. The third-order valence-electron chi connectivity index (χ3n) is 4.01. The molecule has 3 rings (SSSR count). The highest BCUT2D eigenvalue weighted by Gasteiger charge is 2.33. The van der Waals surface area contributed by atoms with E-state index in [1.54, 1.807) is 0 Å². The fourth-order valence-electron chi connectivity index (χ4n) is 2.81. The number of hydrogen-bond acceptors (Lipinski definition) is 3. The summed E-state index contributed by atoms with van der Waals surface area (Å²) in [6, 6.07) is 6.31. The molecule has 2 amide bonds. The minimum atomic E-state index is -0.993. The molecule has 4 N–H and O–H groups in total. The highest BCUT2D eigenvalue weighted by atomic mass is 16.4. The molecule has 1 aromatic heterocycles. The number of piperazine rings is 1. The first-order chi connectivity index (χ1) is 11.0. The van der Waals surface area contributed by atoms with Gasteiger partial charge in [0.15, 0.2) is 0 Å². The smallest absolute Gasteiger partial charge is 0.303 e. The number of H-pyrrole nitrogens is 1. The Labute approximate surface area is 132 Å². The zero-order chi connectivity index (χ0) is 16.4. The van der Waals surface area contributed by atoms with E-state index in [1.165, 1.54) is 0 Å². The summed E-state index contributed by atoms with van der Waals surface area (Å²) in [6.45, 7) is 0. The standard InChI is InChI=1S/C16H17N3O4/c20-14(21)6-5-12-15(22)19-13(16(23)18-12)7-9-8-17-11-4-2-1-3-10(9)11/h1-4,8,12-13,17H,5-7H2,(H,18,23)(H,19,22)(H,20,21)/t12-,13-/m0/s1. The monoisotopic (exact) mass is 315 g/mol. The van der Waals surface area contributed by atoms with Gasteiger partial charge in [-0.2, -0.15) is 0 Å². The minimum Gasteiger partial charge on any atom is -0.481 e. The second-order valence-corrected chi connectivity index (χ2v) is 5.62. The van der Waals surface area contributed by atoms with E-state index in [1.807, 2.05) is 30.5 Å². The van der Waals surface area contributed by atoms with E-state index in [-0.39, 0.29) is 24.7 Å². The molecule has 0 bridgehead atoms. The number of aromatic amines is 1.